The molecule has 0 saturated carbocycles. The van der Waals surface area contributed by atoms with Crippen LogP contribution in [0, 0.1) is 15.9 Å². The number of hydrogen-bond acceptors (Lipinski definition) is 5. The van der Waals surface area contributed by atoms with Crippen LogP contribution in [0.4, 0.5) is 15.8 Å². The highest BCUT2D eigenvalue weighted by molar-refractivity contribution is 7.90. The van der Waals surface area contributed by atoms with Crippen molar-refractivity contribution in [2.24, 2.45) is 0 Å². The van der Waals surface area contributed by atoms with E-state index in [1.54, 1.807) is 12.1 Å². The minimum absolute atomic E-state index is 0.135. The summed E-state index contributed by atoms with van der Waals surface area (Å²) in [5, 5.41) is 14.6. The summed E-state index contributed by atoms with van der Waals surface area (Å²) < 4.78 is 37.2. The van der Waals surface area contributed by atoms with E-state index < -0.39 is 26.6 Å². The number of hydrogen-bond donors (Lipinski definition) is 1. The first kappa shape index (κ1) is 19.5. The standard InChI is InChI=1S/C20H17FN2O4S/c1-28(26,27)17-10-11-18(19(13-17)23(24)25)22-20(14-6-3-2-4-7-14)15-8-5-9-16(21)12-15/h2-13,20,22H,1H3. The Bertz CT molecular complexity index is 1120. The maximum absolute atomic E-state index is 13.8. The molecule has 1 unspecified atom stereocenters. The van der Waals surface area contributed by atoms with E-state index in [0.29, 0.717) is 5.56 Å². The third-order valence-electron chi connectivity index (χ3n) is 4.21. The van der Waals surface area contributed by atoms with E-state index in [0.717, 1.165) is 17.9 Å². The van der Waals surface area contributed by atoms with E-state index in [1.165, 1.54) is 24.3 Å². The van der Waals surface area contributed by atoms with Gasteiger partial charge < -0.3 is 5.32 Å². The number of nitro groups is 1. The van der Waals surface area contributed by atoms with Gasteiger partial charge in [0.2, 0.25) is 0 Å². The summed E-state index contributed by atoms with van der Waals surface area (Å²) >= 11 is 0. The number of nitro benzene ring substituents is 1. The van der Waals surface area contributed by atoms with Gasteiger partial charge in [0.05, 0.1) is 15.9 Å². The normalized spacial score (nSPS) is 12.4. The van der Waals surface area contributed by atoms with E-state index >= 15 is 0 Å². The molecular formula is C20H17FN2O4S. The van der Waals surface area contributed by atoms with E-state index in [2.05, 4.69) is 5.32 Å². The molecule has 6 nitrogen and oxygen atoms in total. The molecule has 3 aromatic rings. The summed E-state index contributed by atoms with van der Waals surface area (Å²) in [6.45, 7) is 0. The van der Waals surface area contributed by atoms with Crippen LogP contribution in [0.2, 0.25) is 0 Å². The predicted octanol–water partition coefficient (Wildman–Crippen LogP) is 4.34. The van der Waals surface area contributed by atoms with E-state index in [-0.39, 0.29) is 16.3 Å². The van der Waals surface area contributed by atoms with Crippen LogP contribution in [-0.4, -0.2) is 19.6 Å². The highest BCUT2D eigenvalue weighted by atomic mass is 32.2. The van der Waals surface area contributed by atoms with Crippen molar-refractivity contribution in [1.82, 2.24) is 0 Å². The quantitative estimate of drug-likeness (QED) is 0.491. The molecule has 8 heteroatoms. The van der Waals surface area contributed by atoms with E-state index in [1.807, 2.05) is 30.3 Å². The molecule has 0 bridgehead atoms. The molecule has 1 N–H and O–H groups in total. The van der Waals surface area contributed by atoms with Crippen molar-refractivity contribution in [1.29, 1.82) is 0 Å². The van der Waals surface area contributed by atoms with Crippen molar-refractivity contribution >= 4 is 21.2 Å². The molecule has 0 saturated heterocycles. The average molecular weight is 400 g/mol. The zero-order chi connectivity index (χ0) is 20.3. The minimum atomic E-state index is -3.60. The van der Waals surface area contributed by atoms with Gasteiger partial charge in [-0.2, -0.15) is 0 Å². The Balaban J connectivity index is 2.10. The molecule has 0 fully saturated rings. The van der Waals surface area contributed by atoms with Gasteiger partial charge in [-0.05, 0) is 35.4 Å². The van der Waals surface area contributed by atoms with Gasteiger partial charge in [-0.3, -0.25) is 10.1 Å². The fourth-order valence-electron chi connectivity index (χ4n) is 2.86. The molecule has 0 heterocycles. The molecule has 0 aliphatic heterocycles. The molecular weight excluding hydrogens is 383 g/mol. The largest absolute Gasteiger partial charge is 0.369 e. The van der Waals surface area contributed by atoms with Gasteiger partial charge in [0.1, 0.15) is 11.5 Å². The van der Waals surface area contributed by atoms with Crippen LogP contribution in [0.5, 0.6) is 0 Å². The highest BCUT2D eigenvalue weighted by Gasteiger charge is 2.22. The van der Waals surface area contributed by atoms with Gasteiger partial charge in [-0.25, -0.2) is 12.8 Å². The molecule has 1 atom stereocenters. The zero-order valence-corrected chi connectivity index (χ0v) is 15.7. The van der Waals surface area contributed by atoms with Crippen LogP contribution in [0.3, 0.4) is 0 Å². The summed E-state index contributed by atoms with van der Waals surface area (Å²) in [5.74, 6) is -0.429. The SMILES string of the molecule is CS(=O)(=O)c1ccc(NC(c2ccccc2)c2cccc(F)c2)c([N+](=O)[O-])c1. The van der Waals surface area contributed by atoms with Gasteiger partial charge in [-0.15, -0.1) is 0 Å². The number of halogens is 1. The maximum Gasteiger partial charge on any atom is 0.293 e. The van der Waals surface area contributed by atoms with Crippen LogP contribution in [-0.2, 0) is 9.84 Å². The Labute approximate surface area is 161 Å². The van der Waals surface area contributed by atoms with Crippen molar-refractivity contribution in [3.8, 4) is 0 Å². The number of benzene rings is 3. The van der Waals surface area contributed by atoms with Crippen molar-refractivity contribution < 1.29 is 17.7 Å². The first-order valence-corrected chi connectivity index (χ1v) is 10.2. The first-order valence-electron chi connectivity index (χ1n) is 8.31. The predicted molar refractivity (Wildman–Crippen MR) is 105 cm³/mol. The number of nitrogens with zero attached hydrogens (tertiary/aromatic N) is 1. The lowest BCUT2D eigenvalue weighted by Crippen LogP contribution is -2.14. The van der Waals surface area contributed by atoms with Crippen molar-refractivity contribution in [2.45, 2.75) is 10.9 Å². The summed E-state index contributed by atoms with van der Waals surface area (Å²) in [6.07, 6.45) is 0.985. The van der Waals surface area contributed by atoms with E-state index in [4.69, 9.17) is 0 Å². The molecule has 0 radical (unpaired) electrons. The van der Waals surface area contributed by atoms with Crippen LogP contribution in [0.15, 0.2) is 77.7 Å². The lowest BCUT2D eigenvalue weighted by molar-refractivity contribution is -0.384. The van der Waals surface area contributed by atoms with Gasteiger partial charge in [0.25, 0.3) is 5.69 Å². The molecule has 3 rings (SSSR count). The topological polar surface area (TPSA) is 89.3 Å². The molecule has 0 aromatic heterocycles. The van der Waals surface area contributed by atoms with Gasteiger partial charge >= 0.3 is 0 Å². The number of sulfone groups is 1. The van der Waals surface area contributed by atoms with Crippen LogP contribution >= 0.6 is 0 Å². The molecule has 0 aliphatic rings. The molecule has 0 spiro atoms. The third-order valence-corrected chi connectivity index (χ3v) is 5.32. The Morgan fingerprint density at radius 2 is 1.64 bits per heavy atom. The summed E-state index contributed by atoms with van der Waals surface area (Å²) in [7, 11) is -3.60. The number of rotatable bonds is 6. The number of nitrogens with one attached hydrogen (secondary N) is 1. The Kier molecular flexibility index (Phi) is 5.41. The first-order chi connectivity index (χ1) is 13.3. The monoisotopic (exact) mass is 400 g/mol. The zero-order valence-electron chi connectivity index (χ0n) is 14.9. The smallest absolute Gasteiger partial charge is 0.293 e. The number of anilines is 1. The second-order valence-electron chi connectivity index (χ2n) is 6.25. The van der Waals surface area contributed by atoms with Crippen molar-refractivity contribution in [3.05, 3.63) is 99.9 Å². The van der Waals surface area contributed by atoms with Crippen LogP contribution in [0.1, 0.15) is 17.2 Å². The van der Waals surface area contributed by atoms with E-state index in [9.17, 15) is 22.9 Å². The Hall–Kier alpha value is -3.26. The lowest BCUT2D eigenvalue weighted by atomic mass is 9.98. The molecule has 28 heavy (non-hydrogen) atoms. The van der Waals surface area contributed by atoms with Crippen LogP contribution < -0.4 is 5.32 Å². The van der Waals surface area contributed by atoms with Gasteiger partial charge in [-0.1, -0.05) is 42.5 Å². The lowest BCUT2D eigenvalue weighted by Gasteiger charge is -2.21. The fraction of sp³-hybridized carbons (Fsp3) is 0.100. The van der Waals surface area contributed by atoms with Crippen molar-refractivity contribution in [3.63, 3.8) is 0 Å². The summed E-state index contributed by atoms with van der Waals surface area (Å²) in [4.78, 5) is 10.7. The molecule has 144 valence electrons. The summed E-state index contributed by atoms with van der Waals surface area (Å²) in [6, 6.07) is 18.1. The summed E-state index contributed by atoms with van der Waals surface area (Å²) in [5.41, 5.74) is 1.11. The Morgan fingerprint density at radius 1 is 0.964 bits per heavy atom. The Morgan fingerprint density at radius 3 is 2.25 bits per heavy atom. The molecule has 3 aromatic carbocycles. The fourth-order valence-corrected chi connectivity index (χ4v) is 3.50. The second kappa shape index (κ2) is 7.77. The van der Waals surface area contributed by atoms with Crippen molar-refractivity contribution in [2.75, 3.05) is 11.6 Å². The minimum Gasteiger partial charge on any atom is -0.369 e. The maximum atomic E-state index is 13.8. The highest BCUT2D eigenvalue weighted by Crippen LogP contribution is 2.33. The van der Waals surface area contributed by atoms with Crippen LogP contribution in [0.25, 0.3) is 0 Å². The molecule has 0 amide bonds. The molecule has 0 aliphatic carbocycles. The van der Waals surface area contributed by atoms with Gasteiger partial charge in [0, 0.05) is 12.3 Å². The average Bonchev–Trinajstić information content (AvgIpc) is 2.66. The third kappa shape index (κ3) is 4.34. The second-order valence-corrected chi connectivity index (χ2v) is 8.27. The van der Waals surface area contributed by atoms with Gasteiger partial charge in [0.15, 0.2) is 9.84 Å².